The molecule has 170 valence electrons. The summed E-state index contributed by atoms with van der Waals surface area (Å²) < 4.78 is 6.90. The van der Waals surface area contributed by atoms with Crippen LogP contribution in [0.25, 0.3) is 11.4 Å². The van der Waals surface area contributed by atoms with Crippen molar-refractivity contribution in [2.75, 3.05) is 24.6 Å². The highest BCUT2D eigenvalue weighted by Gasteiger charge is 2.34. The summed E-state index contributed by atoms with van der Waals surface area (Å²) in [6, 6.07) is 11.8. The molecule has 33 heavy (non-hydrogen) atoms. The summed E-state index contributed by atoms with van der Waals surface area (Å²) in [5.74, 6) is -0.0126. The molecular weight excluding hydrogens is 416 g/mol. The summed E-state index contributed by atoms with van der Waals surface area (Å²) in [7, 11) is 0. The van der Waals surface area contributed by atoms with Crippen molar-refractivity contribution >= 4 is 28.8 Å². The molecule has 1 aliphatic rings. The quantitative estimate of drug-likeness (QED) is 0.507. The van der Waals surface area contributed by atoms with Crippen LogP contribution in [-0.2, 0) is 9.53 Å². The van der Waals surface area contributed by atoms with E-state index in [2.05, 4.69) is 34.9 Å². The summed E-state index contributed by atoms with van der Waals surface area (Å²) in [4.78, 5) is 29.0. The van der Waals surface area contributed by atoms with Crippen LogP contribution in [0.1, 0.15) is 37.9 Å². The van der Waals surface area contributed by atoms with Crippen molar-refractivity contribution in [1.29, 1.82) is 0 Å². The fraction of sp³-hybridized carbons (Fsp3) is 0.320. The Kier molecular flexibility index (Phi) is 6.35. The molecule has 0 N–H and O–H groups in total. The molecule has 8 nitrogen and oxygen atoms in total. The predicted octanol–water partition coefficient (Wildman–Crippen LogP) is 4.31. The molecule has 0 spiro atoms. The number of aryl methyl sites for hydroxylation is 1. The number of nitrogens with zero attached hydrogens (tertiary/aromatic N) is 6. The first kappa shape index (κ1) is 22.4. The molecule has 4 rings (SSSR count). The maximum atomic E-state index is 12.7. The summed E-state index contributed by atoms with van der Waals surface area (Å²) in [6.07, 6.45) is 1.72. The van der Waals surface area contributed by atoms with Gasteiger partial charge >= 0.3 is 5.97 Å². The third kappa shape index (κ3) is 4.16. The predicted molar refractivity (Wildman–Crippen MR) is 131 cm³/mol. The van der Waals surface area contributed by atoms with Crippen LogP contribution < -0.4 is 4.90 Å². The first-order chi connectivity index (χ1) is 16.0. The van der Waals surface area contributed by atoms with Gasteiger partial charge in [-0.1, -0.05) is 6.07 Å². The Hall–Kier alpha value is -3.81. The number of aliphatic imine (C=N–C) groups is 1. The lowest BCUT2D eigenvalue weighted by Gasteiger charge is -2.21. The van der Waals surface area contributed by atoms with Crippen molar-refractivity contribution in [3.8, 4) is 11.4 Å². The van der Waals surface area contributed by atoms with Gasteiger partial charge < -0.3 is 9.64 Å². The molecular formula is C25H28N6O2. The fourth-order valence-corrected chi connectivity index (χ4v) is 3.88. The summed E-state index contributed by atoms with van der Waals surface area (Å²) >= 11 is 0. The topological polar surface area (TPSA) is 85.0 Å². The maximum absolute atomic E-state index is 12.7. The van der Waals surface area contributed by atoms with Crippen LogP contribution in [0.15, 0.2) is 52.7 Å². The first-order valence-corrected chi connectivity index (χ1v) is 11.2. The van der Waals surface area contributed by atoms with Gasteiger partial charge in [-0.25, -0.2) is 19.4 Å². The van der Waals surface area contributed by atoms with Gasteiger partial charge in [0.2, 0.25) is 0 Å². The SMILES string of the molecule is CCOC(=O)C1=Nn2c(nc(-c3ccccn3)c2C)/C1=N\c1ccc(N(CC)CC)cc1C. The van der Waals surface area contributed by atoms with E-state index in [0.29, 0.717) is 17.2 Å². The third-order valence-electron chi connectivity index (χ3n) is 5.63. The Morgan fingerprint density at radius 3 is 2.55 bits per heavy atom. The van der Waals surface area contributed by atoms with Crippen LogP contribution in [0.5, 0.6) is 0 Å². The number of ether oxygens (including phenoxy) is 1. The maximum Gasteiger partial charge on any atom is 0.361 e. The Labute approximate surface area is 193 Å². The molecule has 1 aromatic carbocycles. The van der Waals surface area contributed by atoms with Gasteiger partial charge in [0.05, 0.1) is 23.7 Å². The van der Waals surface area contributed by atoms with E-state index in [-0.39, 0.29) is 12.3 Å². The highest BCUT2D eigenvalue weighted by molar-refractivity contribution is 6.69. The van der Waals surface area contributed by atoms with Crippen LogP contribution in [0.4, 0.5) is 11.4 Å². The van der Waals surface area contributed by atoms with Crippen molar-refractivity contribution in [2.45, 2.75) is 34.6 Å². The molecule has 0 unspecified atom stereocenters. The number of carbonyl (C=O) groups excluding carboxylic acids is 1. The second-order valence-electron chi connectivity index (χ2n) is 7.67. The second-order valence-corrected chi connectivity index (χ2v) is 7.67. The number of esters is 1. The molecule has 0 atom stereocenters. The summed E-state index contributed by atoms with van der Waals surface area (Å²) in [5.41, 5.74) is 5.68. The molecule has 0 saturated heterocycles. The highest BCUT2D eigenvalue weighted by Crippen LogP contribution is 2.29. The lowest BCUT2D eigenvalue weighted by Crippen LogP contribution is -2.24. The van der Waals surface area contributed by atoms with Crippen molar-refractivity contribution in [1.82, 2.24) is 14.6 Å². The van der Waals surface area contributed by atoms with Crippen molar-refractivity contribution < 1.29 is 9.53 Å². The standard InChI is InChI=1S/C25H28N6O2/c1-6-30(7-2)18-12-13-19(16(4)15-18)27-22-23(25(32)33-8-3)29-31-17(5)21(28-24(22)31)20-11-9-10-14-26-20/h9-15H,6-8H2,1-5H3/b27-22-. The molecule has 0 amide bonds. The Bertz CT molecular complexity index is 1240. The molecule has 0 bridgehead atoms. The number of pyridine rings is 1. The molecule has 8 heteroatoms. The summed E-state index contributed by atoms with van der Waals surface area (Å²) in [5, 5.41) is 4.52. The Morgan fingerprint density at radius 2 is 1.91 bits per heavy atom. The lowest BCUT2D eigenvalue weighted by atomic mass is 10.1. The Morgan fingerprint density at radius 1 is 1.12 bits per heavy atom. The lowest BCUT2D eigenvalue weighted by molar-refractivity contribution is -0.134. The smallest absolute Gasteiger partial charge is 0.361 e. The number of benzene rings is 1. The first-order valence-electron chi connectivity index (χ1n) is 11.2. The average Bonchev–Trinajstić information content (AvgIpc) is 3.34. The fourth-order valence-electron chi connectivity index (χ4n) is 3.88. The number of rotatable bonds is 7. The monoisotopic (exact) mass is 444 g/mol. The molecule has 0 radical (unpaired) electrons. The third-order valence-corrected chi connectivity index (χ3v) is 5.63. The van der Waals surface area contributed by atoms with Gasteiger partial charge in [0.1, 0.15) is 11.4 Å². The Balaban J connectivity index is 1.82. The van der Waals surface area contributed by atoms with E-state index in [1.165, 1.54) is 0 Å². The molecule has 1 aliphatic heterocycles. The number of hydrogen-bond donors (Lipinski definition) is 0. The average molecular weight is 445 g/mol. The number of fused-ring (bicyclic) bond motifs is 1. The van der Waals surface area contributed by atoms with E-state index in [1.807, 2.05) is 44.2 Å². The molecule has 0 aliphatic carbocycles. The second kappa shape index (κ2) is 9.36. The van der Waals surface area contributed by atoms with E-state index >= 15 is 0 Å². The number of carbonyl (C=O) groups is 1. The summed E-state index contributed by atoms with van der Waals surface area (Å²) in [6.45, 7) is 12.1. The van der Waals surface area contributed by atoms with Crippen LogP contribution in [0, 0.1) is 13.8 Å². The largest absolute Gasteiger partial charge is 0.461 e. The minimum absolute atomic E-state index is 0.155. The van der Waals surface area contributed by atoms with E-state index in [1.54, 1.807) is 17.8 Å². The number of aromatic nitrogens is 3. The zero-order valence-electron chi connectivity index (χ0n) is 19.7. The van der Waals surface area contributed by atoms with Gasteiger partial charge in [-0.3, -0.25) is 4.98 Å². The minimum Gasteiger partial charge on any atom is -0.461 e. The van der Waals surface area contributed by atoms with Crippen LogP contribution >= 0.6 is 0 Å². The zero-order chi connectivity index (χ0) is 23.5. The molecule has 3 aromatic rings. The van der Waals surface area contributed by atoms with Crippen molar-refractivity contribution in [3.63, 3.8) is 0 Å². The van der Waals surface area contributed by atoms with Gasteiger partial charge in [-0.05, 0) is 70.5 Å². The van der Waals surface area contributed by atoms with Crippen LogP contribution in [-0.4, -0.2) is 51.7 Å². The molecule has 0 fully saturated rings. The normalized spacial score (nSPS) is 13.7. The molecule has 0 saturated carbocycles. The van der Waals surface area contributed by atoms with Crippen molar-refractivity contribution in [3.05, 3.63) is 59.7 Å². The zero-order valence-corrected chi connectivity index (χ0v) is 19.7. The van der Waals surface area contributed by atoms with E-state index in [4.69, 9.17) is 14.7 Å². The van der Waals surface area contributed by atoms with Gasteiger partial charge in [-0.15, -0.1) is 0 Å². The van der Waals surface area contributed by atoms with Crippen LogP contribution in [0.2, 0.25) is 0 Å². The molecule has 2 aromatic heterocycles. The van der Waals surface area contributed by atoms with E-state index < -0.39 is 5.97 Å². The van der Waals surface area contributed by atoms with Gasteiger partial charge in [0.25, 0.3) is 0 Å². The van der Waals surface area contributed by atoms with Crippen molar-refractivity contribution in [2.24, 2.45) is 10.1 Å². The highest BCUT2D eigenvalue weighted by atomic mass is 16.5. The van der Waals surface area contributed by atoms with Gasteiger partial charge in [0, 0.05) is 25.0 Å². The minimum atomic E-state index is -0.516. The number of imidazole rings is 1. The number of anilines is 1. The van der Waals surface area contributed by atoms with Gasteiger partial charge in [-0.2, -0.15) is 5.10 Å². The van der Waals surface area contributed by atoms with Gasteiger partial charge in [0.15, 0.2) is 11.5 Å². The molecule has 3 heterocycles. The van der Waals surface area contributed by atoms with Crippen LogP contribution in [0.3, 0.4) is 0 Å². The van der Waals surface area contributed by atoms with E-state index in [0.717, 1.165) is 41.4 Å². The number of hydrogen-bond acceptors (Lipinski definition) is 7. The van der Waals surface area contributed by atoms with E-state index in [9.17, 15) is 4.79 Å².